The zero-order valence-electron chi connectivity index (χ0n) is 14.3. The van der Waals surface area contributed by atoms with E-state index in [9.17, 15) is 9.18 Å². The number of halogens is 1. The van der Waals surface area contributed by atoms with Gasteiger partial charge in [-0.1, -0.05) is 6.07 Å². The summed E-state index contributed by atoms with van der Waals surface area (Å²) in [6.07, 6.45) is 5.42. The number of ether oxygens (including phenoxy) is 2. The number of carbonyl (C=O) groups is 1. The standard InChI is InChI=1S/C19H26FNO3/c1-23-16-6-5-15(17(20)13-16)12-19(22)21-9-3-2-4-18(21)14-7-10-24-11-8-14/h5-6,13-14,18H,2-4,7-12H2,1H3. The molecule has 0 N–H and O–H groups in total. The maximum atomic E-state index is 14.1. The van der Waals surface area contributed by atoms with Crippen molar-refractivity contribution in [1.82, 2.24) is 4.90 Å². The number of hydrogen-bond donors (Lipinski definition) is 0. The minimum atomic E-state index is -0.373. The number of hydrogen-bond acceptors (Lipinski definition) is 3. The first kappa shape index (κ1) is 17.2. The Morgan fingerprint density at radius 2 is 2.08 bits per heavy atom. The average molecular weight is 335 g/mol. The smallest absolute Gasteiger partial charge is 0.227 e. The van der Waals surface area contributed by atoms with Gasteiger partial charge in [0.15, 0.2) is 0 Å². The van der Waals surface area contributed by atoms with Gasteiger partial charge in [0.2, 0.25) is 5.91 Å². The molecule has 0 saturated carbocycles. The van der Waals surface area contributed by atoms with Gasteiger partial charge in [0.25, 0.3) is 0 Å². The summed E-state index contributed by atoms with van der Waals surface area (Å²) in [5, 5.41) is 0. The van der Waals surface area contributed by atoms with E-state index in [1.807, 2.05) is 4.90 Å². The third-order valence-corrected chi connectivity index (χ3v) is 5.28. The van der Waals surface area contributed by atoms with Crippen LogP contribution in [-0.4, -0.2) is 43.7 Å². The number of carbonyl (C=O) groups excluding carboxylic acids is 1. The molecule has 132 valence electrons. The second-order valence-corrected chi connectivity index (χ2v) is 6.73. The first-order valence-corrected chi connectivity index (χ1v) is 8.88. The lowest BCUT2D eigenvalue weighted by molar-refractivity contribution is -0.136. The van der Waals surface area contributed by atoms with E-state index in [1.165, 1.54) is 19.6 Å². The van der Waals surface area contributed by atoms with E-state index in [0.29, 0.717) is 17.2 Å². The Labute approximate surface area is 142 Å². The Morgan fingerprint density at radius 1 is 1.29 bits per heavy atom. The molecule has 0 bridgehead atoms. The van der Waals surface area contributed by atoms with Gasteiger partial charge in [-0.15, -0.1) is 0 Å². The summed E-state index contributed by atoms with van der Waals surface area (Å²) < 4.78 is 24.6. The number of amides is 1. The van der Waals surface area contributed by atoms with Crippen molar-refractivity contribution in [2.75, 3.05) is 26.9 Å². The van der Waals surface area contributed by atoms with Crippen molar-refractivity contribution in [3.05, 3.63) is 29.6 Å². The van der Waals surface area contributed by atoms with Crippen molar-refractivity contribution in [2.45, 2.75) is 44.6 Å². The molecule has 3 rings (SSSR count). The van der Waals surface area contributed by atoms with E-state index in [4.69, 9.17) is 9.47 Å². The van der Waals surface area contributed by atoms with Crippen LogP contribution in [0.15, 0.2) is 18.2 Å². The third kappa shape index (κ3) is 3.89. The largest absolute Gasteiger partial charge is 0.497 e. The van der Waals surface area contributed by atoms with Crippen molar-refractivity contribution in [1.29, 1.82) is 0 Å². The molecule has 0 radical (unpaired) electrons. The van der Waals surface area contributed by atoms with Gasteiger partial charge in [0, 0.05) is 31.9 Å². The van der Waals surface area contributed by atoms with Crippen molar-refractivity contribution in [3.63, 3.8) is 0 Å². The summed E-state index contributed by atoms with van der Waals surface area (Å²) in [7, 11) is 1.51. The molecule has 0 spiro atoms. The Kier molecular flexibility index (Phi) is 5.72. The number of benzene rings is 1. The van der Waals surface area contributed by atoms with Gasteiger partial charge in [0.05, 0.1) is 13.5 Å². The summed E-state index contributed by atoms with van der Waals surface area (Å²) in [6, 6.07) is 4.99. The quantitative estimate of drug-likeness (QED) is 0.848. The summed E-state index contributed by atoms with van der Waals surface area (Å²) in [5.41, 5.74) is 0.442. The highest BCUT2D eigenvalue weighted by atomic mass is 19.1. The Morgan fingerprint density at radius 3 is 2.79 bits per heavy atom. The fourth-order valence-corrected chi connectivity index (χ4v) is 3.92. The topological polar surface area (TPSA) is 38.8 Å². The van der Waals surface area contributed by atoms with E-state index in [1.54, 1.807) is 12.1 Å². The average Bonchev–Trinajstić information content (AvgIpc) is 2.64. The second kappa shape index (κ2) is 7.97. The molecular weight excluding hydrogens is 309 g/mol. The predicted molar refractivity (Wildman–Crippen MR) is 89.6 cm³/mol. The molecule has 4 nitrogen and oxygen atoms in total. The second-order valence-electron chi connectivity index (χ2n) is 6.73. The van der Waals surface area contributed by atoms with Gasteiger partial charge in [-0.2, -0.15) is 0 Å². The zero-order valence-corrected chi connectivity index (χ0v) is 14.3. The van der Waals surface area contributed by atoms with E-state index in [-0.39, 0.29) is 24.2 Å². The molecule has 1 aromatic carbocycles. The fraction of sp³-hybridized carbons (Fsp3) is 0.632. The summed E-state index contributed by atoms with van der Waals surface area (Å²) in [6.45, 7) is 2.37. The minimum Gasteiger partial charge on any atom is -0.497 e. The number of likely N-dealkylation sites (tertiary alicyclic amines) is 1. The highest BCUT2D eigenvalue weighted by Crippen LogP contribution is 2.30. The molecule has 1 unspecified atom stereocenters. The molecule has 2 aliphatic heterocycles. The van der Waals surface area contributed by atoms with Crippen molar-refractivity contribution in [3.8, 4) is 5.75 Å². The monoisotopic (exact) mass is 335 g/mol. The first-order valence-electron chi connectivity index (χ1n) is 8.88. The van der Waals surface area contributed by atoms with Crippen LogP contribution in [0.5, 0.6) is 5.75 Å². The van der Waals surface area contributed by atoms with Crippen LogP contribution in [0, 0.1) is 11.7 Å². The molecule has 0 aromatic heterocycles. The molecule has 5 heteroatoms. The lowest BCUT2D eigenvalue weighted by Gasteiger charge is -2.42. The summed E-state index contributed by atoms with van der Waals surface area (Å²) in [4.78, 5) is 14.8. The zero-order chi connectivity index (χ0) is 16.9. The van der Waals surface area contributed by atoms with Crippen LogP contribution < -0.4 is 4.74 Å². The summed E-state index contributed by atoms with van der Waals surface area (Å²) in [5.74, 6) is 0.656. The van der Waals surface area contributed by atoms with E-state index >= 15 is 0 Å². The van der Waals surface area contributed by atoms with Crippen LogP contribution in [0.25, 0.3) is 0 Å². The lowest BCUT2D eigenvalue weighted by Crippen LogP contribution is -2.49. The van der Waals surface area contributed by atoms with Crippen LogP contribution in [-0.2, 0) is 16.0 Å². The molecule has 0 aliphatic carbocycles. The molecular formula is C19H26FNO3. The van der Waals surface area contributed by atoms with Gasteiger partial charge in [-0.25, -0.2) is 4.39 Å². The van der Waals surface area contributed by atoms with E-state index < -0.39 is 0 Å². The Bertz CT molecular complexity index is 572. The third-order valence-electron chi connectivity index (χ3n) is 5.28. The van der Waals surface area contributed by atoms with Crippen LogP contribution in [0.4, 0.5) is 4.39 Å². The van der Waals surface area contributed by atoms with Crippen LogP contribution >= 0.6 is 0 Å². The molecule has 1 aromatic rings. The Hall–Kier alpha value is -1.62. The molecule has 2 fully saturated rings. The van der Waals surface area contributed by atoms with Gasteiger partial charge >= 0.3 is 0 Å². The number of methoxy groups -OCH3 is 1. The molecule has 2 aliphatic rings. The maximum Gasteiger partial charge on any atom is 0.227 e. The molecule has 1 amide bonds. The van der Waals surface area contributed by atoms with Crippen LogP contribution in [0.2, 0.25) is 0 Å². The van der Waals surface area contributed by atoms with Crippen LogP contribution in [0.1, 0.15) is 37.7 Å². The first-order chi connectivity index (χ1) is 11.7. The SMILES string of the molecule is COc1ccc(CC(=O)N2CCCCC2C2CCOCC2)c(F)c1. The highest BCUT2D eigenvalue weighted by Gasteiger charge is 2.33. The van der Waals surface area contributed by atoms with Crippen molar-refractivity contribution in [2.24, 2.45) is 5.92 Å². The molecule has 1 atom stereocenters. The minimum absolute atomic E-state index is 0.0373. The van der Waals surface area contributed by atoms with Gasteiger partial charge < -0.3 is 14.4 Å². The Balaban J connectivity index is 1.69. The molecule has 2 heterocycles. The number of piperidine rings is 1. The van der Waals surface area contributed by atoms with E-state index in [0.717, 1.165) is 45.4 Å². The van der Waals surface area contributed by atoms with Gasteiger partial charge in [-0.05, 0) is 49.7 Å². The maximum absolute atomic E-state index is 14.1. The normalized spacial score (nSPS) is 22.4. The lowest BCUT2D eigenvalue weighted by atomic mass is 9.85. The van der Waals surface area contributed by atoms with E-state index in [2.05, 4.69) is 0 Å². The highest BCUT2D eigenvalue weighted by molar-refractivity contribution is 5.79. The van der Waals surface area contributed by atoms with Crippen molar-refractivity contribution >= 4 is 5.91 Å². The predicted octanol–water partition coefficient (Wildman–Crippen LogP) is 3.18. The number of nitrogens with zero attached hydrogens (tertiary/aromatic N) is 1. The molecule has 24 heavy (non-hydrogen) atoms. The van der Waals surface area contributed by atoms with Crippen LogP contribution in [0.3, 0.4) is 0 Å². The number of rotatable bonds is 4. The summed E-state index contributed by atoms with van der Waals surface area (Å²) >= 11 is 0. The van der Waals surface area contributed by atoms with Gasteiger partial charge in [0.1, 0.15) is 11.6 Å². The van der Waals surface area contributed by atoms with Crippen molar-refractivity contribution < 1.29 is 18.7 Å². The molecule has 2 saturated heterocycles. The van der Waals surface area contributed by atoms with Gasteiger partial charge in [-0.3, -0.25) is 4.79 Å². The fourth-order valence-electron chi connectivity index (χ4n) is 3.92.